The second-order valence-corrected chi connectivity index (χ2v) is 3.45. The van der Waals surface area contributed by atoms with Gasteiger partial charge in [0, 0.05) is 12.8 Å². The SMILES string of the molecule is COCC(=O)c1n[nH]c(C)c1I. The summed E-state index contributed by atoms with van der Waals surface area (Å²) in [6.45, 7) is 1.96. The zero-order valence-corrected chi connectivity index (χ0v) is 9.01. The number of aryl methyl sites for hydroxylation is 1. The topological polar surface area (TPSA) is 55.0 Å². The van der Waals surface area contributed by atoms with Crippen LogP contribution >= 0.6 is 22.6 Å². The molecule has 0 aliphatic rings. The van der Waals surface area contributed by atoms with Gasteiger partial charge in [-0.05, 0) is 29.5 Å². The lowest BCUT2D eigenvalue weighted by Crippen LogP contribution is -2.08. The minimum Gasteiger partial charge on any atom is -0.376 e. The number of aromatic amines is 1. The lowest BCUT2D eigenvalue weighted by Gasteiger charge is -1.94. The second-order valence-electron chi connectivity index (χ2n) is 2.37. The number of nitrogens with one attached hydrogen (secondary N) is 1. The second kappa shape index (κ2) is 3.99. The van der Waals surface area contributed by atoms with Gasteiger partial charge < -0.3 is 4.74 Å². The van der Waals surface area contributed by atoms with Crippen LogP contribution in [0.1, 0.15) is 16.2 Å². The minimum atomic E-state index is -0.0914. The number of ketones is 1. The molecule has 1 N–H and O–H groups in total. The van der Waals surface area contributed by atoms with Crippen molar-refractivity contribution in [3.8, 4) is 0 Å². The Labute approximate surface area is 83.8 Å². The van der Waals surface area contributed by atoms with E-state index in [1.54, 1.807) is 0 Å². The van der Waals surface area contributed by atoms with Gasteiger partial charge in [0.1, 0.15) is 12.3 Å². The molecule has 0 atom stereocenters. The molecule has 0 aliphatic heterocycles. The summed E-state index contributed by atoms with van der Waals surface area (Å²) in [5.74, 6) is -0.0914. The van der Waals surface area contributed by atoms with Crippen LogP contribution < -0.4 is 0 Å². The van der Waals surface area contributed by atoms with Gasteiger partial charge in [-0.3, -0.25) is 9.89 Å². The molecule has 66 valence electrons. The van der Waals surface area contributed by atoms with Crippen molar-refractivity contribution in [2.75, 3.05) is 13.7 Å². The number of carbonyl (C=O) groups is 1. The van der Waals surface area contributed by atoms with E-state index >= 15 is 0 Å². The first-order chi connectivity index (χ1) is 5.66. The van der Waals surface area contributed by atoms with Crippen LogP contribution in [-0.2, 0) is 4.74 Å². The van der Waals surface area contributed by atoms with Crippen molar-refractivity contribution in [2.24, 2.45) is 0 Å². The molecule has 0 spiro atoms. The van der Waals surface area contributed by atoms with Gasteiger partial charge in [0.05, 0.1) is 3.57 Å². The van der Waals surface area contributed by atoms with Crippen LogP contribution in [0.4, 0.5) is 0 Å². The van der Waals surface area contributed by atoms with Crippen LogP contribution in [0.5, 0.6) is 0 Å². The zero-order chi connectivity index (χ0) is 9.14. The lowest BCUT2D eigenvalue weighted by atomic mass is 10.3. The molecule has 1 aromatic heterocycles. The fourth-order valence-corrected chi connectivity index (χ4v) is 1.34. The number of aromatic nitrogens is 2. The van der Waals surface area contributed by atoms with Crippen LogP contribution in [-0.4, -0.2) is 29.7 Å². The molecule has 12 heavy (non-hydrogen) atoms. The average molecular weight is 280 g/mol. The van der Waals surface area contributed by atoms with Crippen LogP contribution in [0.3, 0.4) is 0 Å². The summed E-state index contributed by atoms with van der Waals surface area (Å²) in [5.41, 5.74) is 1.38. The molecule has 0 radical (unpaired) electrons. The molecule has 0 bridgehead atoms. The smallest absolute Gasteiger partial charge is 0.209 e. The van der Waals surface area contributed by atoms with Crippen LogP contribution in [0, 0.1) is 10.5 Å². The Morgan fingerprint density at radius 2 is 2.42 bits per heavy atom. The molecule has 0 saturated carbocycles. The molecule has 0 aromatic carbocycles. The molecule has 5 heteroatoms. The molecular formula is C7H9IN2O2. The first-order valence-corrected chi connectivity index (χ1v) is 4.47. The van der Waals surface area contributed by atoms with Crippen LogP contribution in [0.25, 0.3) is 0 Å². The summed E-state index contributed by atoms with van der Waals surface area (Å²) in [6.07, 6.45) is 0. The number of hydrogen-bond donors (Lipinski definition) is 1. The summed E-state index contributed by atoms with van der Waals surface area (Å²) in [5, 5.41) is 6.61. The standard InChI is InChI=1S/C7H9IN2O2/c1-4-6(8)7(10-9-4)5(11)3-12-2/h3H2,1-2H3,(H,9,10). The summed E-state index contributed by atoms with van der Waals surface area (Å²) in [4.78, 5) is 11.3. The van der Waals surface area contributed by atoms with E-state index in [-0.39, 0.29) is 12.4 Å². The van der Waals surface area contributed by atoms with E-state index in [1.807, 2.05) is 6.92 Å². The average Bonchev–Trinajstić information content (AvgIpc) is 2.34. The number of carbonyl (C=O) groups excluding carboxylic acids is 1. The summed E-state index contributed by atoms with van der Waals surface area (Å²) in [7, 11) is 1.49. The number of H-pyrrole nitrogens is 1. The normalized spacial score (nSPS) is 10.2. The lowest BCUT2D eigenvalue weighted by molar-refractivity contribution is 0.0842. The highest BCUT2D eigenvalue weighted by atomic mass is 127. The largest absolute Gasteiger partial charge is 0.376 e. The number of hydrogen-bond acceptors (Lipinski definition) is 3. The highest BCUT2D eigenvalue weighted by Gasteiger charge is 2.14. The van der Waals surface area contributed by atoms with Crippen molar-refractivity contribution < 1.29 is 9.53 Å². The Bertz CT molecular complexity index is 296. The van der Waals surface area contributed by atoms with Gasteiger partial charge in [-0.1, -0.05) is 0 Å². The van der Waals surface area contributed by atoms with Gasteiger partial charge in [-0.2, -0.15) is 5.10 Å². The van der Waals surface area contributed by atoms with Gasteiger partial charge in [0.2, 0.25) is 5.78 Å². The number of methoxy groups -OCH3 is 1. The maximum Gasteiger partial charge on any atom is 0.209 e. The van der Waals surface area contributed by atoms with Crippen molar-refractivity contribution in [3.05, 3.63) is 15.0 Å². The van der Waals surface area contributed by atoms with Crippen LogP contribution in [0.15, 0.2) is 0 Å². The molecule has 1 aromatic rings. The number of ether oxygens (including phenoxy) is 1. The van der Waals surface area contributed by atoms with E-state index in [0.29, 0.717) is 5.69 Å². The third kappa shape index (κ3) is 1.84. The first-order valence-electron chi connectivity index (χ1n) is 3.39. The van der Waals surface area contributed by atoms with Gasteiger partial charge in [-0.25, -0.2) is 0 Å². The molecule has 0 saturated heterocycles. The Morgan fingerprint density at radius 3 is 2.83 bits per heavy atom. The Morgan fingerprint density at radius 1 is 1.75 bits per heavy atom. The first kappa shape index (κ1) is 9.66. The van der Waals surface area contributed by atoms with E-state index in [1.165, 1.54) is 7.11 Å². The van der Waals surface area contributed by atoms with Crippen molar-refractivity contribution in [2.45, 2.75) is 6.92 Å². The van der Waals surface area contributed by atoms with Crippen molar-refractivity contribution >= 4 is 28.4 Å². The van der Waals surface area contributed by atoms with Gasteiger partial charge in [-0.15, -0.1) is 0 Å². The number of halogens is 1. The van der Waals surface area contributed by atoms with Gasteiger partial charge >= 0.3 is 0 Å². The minimum absolute atomic E-state index is 0.0836. The molecule has 0 amide bonds. The van der Waals surface area contributed by atoms with E-state index in [9.17, 15) is 4.79 Å². The third-order valence-electron chi connectivity index (χ3n) is 1.41. The van der Waals surface area contributed by atoms with E-state index in [4.69, 9.17) is 4.74 Å². The monoisotopic (exact) mass is 280 g/mol. The molecule has 4 nitrogen and oxygen atoms in total. The fourth-order valence-electron chi connectivity index (χ4n) is 0.800. The quantitative estimate of drug-likeness (QED) is 0.667. The third-order valence-corrected chi connectivity index (χ3v) is 2.73. The Balaban J connectivity index is 2.88. The highest BCUT2D eigenvalue weighted by molar-refractivity contribution is 14.1. The molecule has 0 fully saturated rings. The van der Waals surface area contributed by atoms with E-state index in [0.717, 1.165) is 9.26 Å². The summed E-state index contributed by atoms with van der Waals surface area (Å²) in [6, 6.07) is 0. The van der Waals surface area contributed by atoms with Crippen molar-refractivity contribution in [3.63, 3.8) is 0 Å². The van der Waals surface area contributed by atoms with E-state index < -0.39 is 0 Å². The predicted octanol–water partition coefficient (Wildman–Crippen LogP) is 1.15. The molecule has 0 aliphatic carbocycles. The zero-order valence-electron chi connectivity index (χ0n) is 6.85. The molecule has 0 unspecified atom stereocenters. The number of nitrogens with zero attached hydrogens (tertiary/aromatic N) is 1. The predicted molar refractivity (Wildman–Crippen MR) is 52.2 cm³/mol. The Hall–Kier alpha value is -0.430. The fraction of sp³-hybridized carbons (Fsp3) is 0.429. The molecule has 1 rings (SSSR count). The summed E-state index contributed by atoms with van der Waals surface area (Å²) >= 11 is 2.08. The number of Topliss-reactive ketones (excluding diaryl/α,β-unsaturated/α-hetero) is 1. The van der Waals surface area contributed by atoms with Crippen LogP contribution in [0.2, 0.25) is 0 Å². The number of rotatable bonds is 3. The van der Waals surface area contributed by atoms with Gasteiger partial charge in [0.25, 0.3) is 0 Å². The molecular weight excluding hydrogens is 271 g/mol. The Kier molecular flexibility index (Phi) is 3.21. The van der Waals surface area contributed by atoms with Gasteiger partial charge in [0.15, 0.2) is 0 Å². The maximum absolute atomic E-state index is 11.3. The highest BCUT2D eigenvalue weighted by Crippen LogP contribution is 2.13. The van der Waals surface area contributed by atoms with Crippen molar-refractivity contribution in [1.82, 2.24) is 10.2 Å². The van der Waals surface area contributed by atoms with Crippen molar-refractivity contribution in [1.29, 1.82) is 0 Å². The maximum atomic E-state index is 11.3. The van der Waals surface area contributed by atoms with E-state index in [2.05, 4.69) is 32.8 Å². The molecule has 1 heterocycles. The summed E-state index contributed by atoms with van der Waals surface area (Å²) < 4.78 is 5.59.